The second-order valence-corrected chi connectivity index (χ2v) is 16.8. The van der Waals surface area contributed by atoms with Gasteiger partial charge in [0.2, 0.25) is 0 Å². The fraction of sp³-hybridized carbons (Fsp3) is 1.00. The quantitative estimate of drug-likeness (QED) is 0.0468. The maximum Gasteiger partial charge on any atom is 0.472 e. The largest absolute Gasteiger partial charge is 0.870 e. The van der Waals surface area contributed by atoms with E-state index in [1.807, 2.05) is 0 Å². The molecule has 0 fully saturated rings. The predicted octanol–water partition coefficient (Wildman–Crippen LogP) is 9.34. The first-order valence-corrected chi connectivity index (χ1v) is 19.2. The molecule has 0 aliphatic rings. The highest BCUT2D eigenvalue weighted by atomic mass is 31.2. The van der Waals surface area contributed by atoms with Crippen LogP contribution in [0.5, 0.6) is 0 Å². The number of quaternary nitrogens is 1. The molecule has 0 saturated heterocycles. The van der Waals surface area contributed by atoms with Crippen molar-refractivity contribution in [2.45, 2.75) is 138 Å². The second-order valence-electron chi connectivity index (χ2n) is 15.4. The molecule has 0 aliphatic carbocycles. The Balaban J connectivity index is 0. The van der Waals surface area contributed by atoms with Gasteiger partial charge in [0.15, 0.2) is 0 Å². The molecule has 0 aromatic rings. The van der Waals surface area contributed by atoms with Crippen LogP contribution in [0, 0.1) is 29.6 Å². The molecule has 0 aromatic carbocycles. The van der Waals surface area contributed by atoms with Crippen molar-refractivity contribution >= 4 is 7.82 Å². The highest BCUT2D eigenvalue weighted by Crippen LogP contribution is 2.43. The topological polar surface area (TPSA) is 104 Å². The van der Waals surface area contributed by atoms with Crippen molar-refractivity contribution in [2.75, 3.05) is 60.7 Å². The zero-order chi connectivity index (χ0) is 32.7. The van der Waals surface area contributed by atoms with Gasteiger partial charge in [0.1, 0.15) is 6.10 Å². The van der Waals surface area contributed by atoms with E-state index < -0.39 is 13.9 Å². The van der Waals surface area contributed by atoms with Gasteiger partial charge in [-0.1, -0.05) is 106 Å². The first-order chi connectivity index (χ1) is 20.1. The van der Waals surface area contributed by atoms with Gasteiger partial charge in [0.25, 0.3) is 0 Å². The van der Waals surface area contributed by atoms with Crippen molar-refractivity contribution in [3.63, 3.8) is 0 Å². The number of hydrogen-bond donors (Lipinski definition) is 1. The molecule has 0 saturated carbocycles. The molecule has 44 heavy (non-hydrogen) atoms. The first kappa shape index (κ1) is 46.1. The smallest absolute Gasteiger partial charge is 0.472 e. The summed E-state index contributed by atoms with van der Waals surface area (Å²) in [6.45, 7) is 18.9. The molecule has 0 radical (unpaired) electrons. The maximum atomic E-state index is 12.5. The average Bonchev–Trinajstić information content (AvgIpc) is 2.88. The third-order valence-electron chi connectivity index (χ3n) is 8.27. The molecule has 0 rings (SSSR count). The fourth-order valence-corrected chi connectivity index (χ4v) is 5.95. The average molecular weight is 654 g/mol. The Kier molecular flexibility index (Phi) is 28.2. The van der Waals surface area contributed by atoms with Gasteiger partial charge in [-0.15, -0.1) is 0 Å². The minimum atomic E-state index is -4.13. The van der Waals surface area contributed by atoms with Crippen molar-refractivity contribution in [3.05, 3.63) is 0 Å². The molecule has 268 valence electrons. The zero-order valence-corrected chi connectivity index (χ0v) is 31.6. The Morgan fingerprint density at radius 3 is 1.57 bits per heavy atom. The Hall–Kier alpha value is -0.0500. The molecule has 5 atom stereocenters. The van der Waals surface area contributed by atoms with Gasteiger partial charge in [0.05, 0.1) is 47.5 Å². The van der Waals surface area contributed by atoms with E-state index in [2.05, 4.69) is 69.6 Å². The molecule has 9 heteroatoms. The van der Waals surface area contributed by atoms with E-state index in [1.165, 1.54) is 57.8 Å². The van der Waals surface area contributed by atoms with Crippen molar-refractivity contribution in [3.8, 4) is 0 Å². The molecule has 5 unspecified atom stereocenters. The molecule has 0 bridgehead atoms. The van der Waals surface area contributed by atoms with Crippen LogP contribution in [0.2, 0.25) is 0 Å². The normalized spacial score (nSPS) is 16.5. The summed E-state index contributed by atoms with van der Waals surface area (Å²) in [7, 11) is 2.27. The molecule has 0 heterocycles. The number of phosphoric ester groups is 1. The molecule has 0 aliphatic heterocycles. The zero-order valence-electron chi connectivity index (χ0n) is 30.7. The molecular weight excluding hydrogens is 577 g/mol. The lowest BCUT2D eigenvalue weighted by molar-refractivity contribution is -0.870. The third kappa shape index (κ3) is 31.9. The fourth-order valence-electron chi connectivity index (χ4n) is 5.16. The van der Waals surface area contributed by atoms with Gasteiger partial charge in [-0.3, -0.25) is 9.05 Å². The van der Waals surface area contributed by atoms with Crippen LogP contribution in [-0.4, -0.2) is 81.7 Å². The predicted molar refractivity (Wildman–Crippen MR) is 184 cm³/mol. The third-order valence-corrected chi connectivity index (χ3v) is 9.26. The highest BCUT2D eigenvalue weighted by Gasteiger charge is 2.24. The summed E-state index contributed by atoms with van der Waals surface area (Å²) in [6.07, 6.45) is 14.8. The molecule has 0 aromatic heterocycles. The molecular formula is C35H76NO7P. The monoisotopic (exact) mass is 654 g/mol. The van der Waals surface area contributed by atoms with Crippen molar-refractivity contribution in [2.24, 2.45) is 29.6 Å². The maximum absolute atomic E-state index is 12.5. The van der Waals surface area contributed by atoms with Gasteiger partial charge < -0.3 is 24.3 Å². The number of unbranched alkanes of at least 4 members (excludes halogenated alkanes) is 1. The summed E-state index contributed by atoms with van der Waals surface area (Å²) < 4.78 is 36.1. The van der Waals surface area contributed by atoms with E-state index in [0.717, 1.165) is 54.5 Å². The Labute approximate surface area is 273 Å². The minimum Gasteiger partial charge on any atom is -0.870 e. The van der Waals surface area contributed by atoms with E-state index in [4.69, 9.17) is 18.5 Å². The minimum absolute atomic E-state index is 0. The standard InChI is InChI=1S/C35H74NO6P.H2O/c1-30(2)16-13-18-32(5)20-15-21-33(6)22-26-39-28-35(40-27-23-34(7)19-14-17-31(3)4)29-42-43(37,38)41-25-12-11-24-36(8,9)10;/h30-35H,11-29H2,1-10H3;1H2. The number of rotatable bonds is 30. The van der Waals surface area contributed by atoms with Crippen LogP contribution >= 0.6 is 7.82 Å². The lowest BCUT2D eigenvalue weighted by Crippen LogP contribution is -2.35. The van der Waals surface area contributed by atoms with E-state index in [0.29, 0.717) is 31.7 Å². The van der Waals surface area contributed by atoms with Gasteiger partial charge in [-0.2, -0.15) is 0 Å². The van der Waals surface area contributed by atoms with Crippen molar-refractivity contribution < 1.29 is 37.9 Å². The highest BCUT2D eigenvalue weighted by molar-refractivity contribution is 7.47. The van der Waals surface area contributed by atoms with Crippen LogP contribution in [0.3, 0.4) is 0 Å². The van der Waals surface area contributed by atoms with E-state index in [9.17, 15) is 9.46 Å². The van der Waals surface area contributed by atoms with Crippen LogP contribution in [-0.2, 0) is 23.1 Å². The van der Waals surface area contributed by atoms with Crippen LogP contribution in [0.15, 0.2) is 0 Å². The lowest BCUT2D eigenvalue weighted by Gasteiger charge is -2.24. The van der Waals surface area contributed by atoms with Gasteiger partial charge in [-0.05, 0) is 55.3 Å². The summed E-state index contributed by atoms with van der Waals surface area (Å²) in [5.74, 6) is 3.56. The molecule has 8 nitrogen and oxygen atoms in total. The van der Waals surface area contributed by atoms with Crippen LogP contribution < -0.4 is 0 Å². The molecule has 2 N–H and O–H groups in total. The van der Waals surface area contributed by atoms with Gasteiger partial charge >= 0.3 is 7.82 Å². The number of nitrogens with zero attached hydrogens (tertiary/aromatic N) is 1. The SMILES string of the molecule is CC(C)CCCC(C)CCCC(C)CCOCC(COP(=O)(O)OCCCC[N+](C)(C)C)OCCC(C)CCCC(C)C.[OH-]. The van der Waals surface area contributed by atoms with Crippen molar-refractivity contribution in [1.82, 2.24) is 0 Å². The second kappa shape index (κ2) is 27.0. The molecule has 0 amide bonds. The van der Waals surface area contributed by atoms with Gasteiger partial charge in [-0.25, -0.2) is 4.57 Å². The Morgan fingerprint density at radius 1 is 0.591 bits per heavy atom. The number of phosphoric acid groups is 1. The van der Waals surface area contributed by atoms with Crippen molar-refractivity contribution in [1.29, 1.82) is 0 Å². The first-order valence-electron chi connectivity index (χ1n) is 17.7. The van der Waals surface area contributed by atoms with Crippen LogP contribution in [0.25, 0.3) is 0 Å². The summed E-state index contributed by atoms with van der Waals surface area (Å²) in [6, 6.07) is 0. The lowest BCUT2D eigenvalue weighted by atomic mass is 9.93. The number of ether oxygens (including phenoxy) is 2. The summed E-state index contributed by atoms with van der Waals surface area (Å²) in [5, 5.41) is 0. The van der Waals surface area contributed by atoms with Gasteiger partial charge in [0, 0.05) is 13.2 Å². The van der Waals surface area contributed by atoms with E-state index >= 15 is 0 Å². The van der Waals surface area contributed by atoms with E-state index in [1.54, 1.807) is 0 Å². The summed E-state index contributed by atoms with van der Waals surface area (Å²) in [4.78, 5) is 10.2. The Bertz CT molecular complexity index is 686. The molecule has 0 spiro atoms. The van der Waals surface area contributed by atoms with Crippen LogP contribution in [0.1, 0.15) is 132 Å². The summed E-state index contributed by atoms with van der Waals surface area (Å²) >= 11 is 0. The van der Waals surface area contributed by atoms with Crippen LogP contribution in [0.4, 0.5) is 0 Å². The Morgan fingerprint density at radius 2 is 1.07 bits per heavy atom. The summed E-state index contributed by atoms with van der Waals surface area (Å²) in [5.41, 5.74) is 0. The van der Waals surface area contributed by atoms with E-state index in [-0.39, 0.29) is 18.7 Å². The number of hydrogen-bond acceptors (Lipinski definition) is 6.